The van der Waals surface area contributed by atoms with Gasteiger partial charge >= 0.3 is 0 Å². The third-order valence-corrected chi connectivity index (χ3v) is 4.89. The second-order valence-corrected chi connectivity index (χ2v) is 6.72. The zero-order valence-electron chi connectivity index (χ0n) is 16.2. The van der Waals surface area contributed by atoms with Gasteiger partial charge in [0.05, 0.1) is 5.97 Å². The van der Waals surface area contributed by atoms with Gasteiger partial charge in [-0.15, -0.1) is 0 Å². The maximum absolute atomic E-state index is 10.8. The highest BCUT2D eigenvalue weighted by molar-refractivity contribution is 6.07. The predicted octanol–water partition coefficient (Wildman–Crippen LogP) is 1.63. The lowest BCUT2D eigenvalue weighted by molar-refractivity contribution is -0.364. The van der Waals surface area contributed by atoms with E-state index in [1.807, 2.05) is 13.0 Å². The number of ether oxygens (including phenoxy) is 1. The van der Waals surface area contributed by atoms with Gasteiger partial charge < -0.3 is 14.6 Å². The van der Waals surface area contributed by atoms with Crippen molar-refractivity contribution < 1.29 is 19.6 Å². The van der Waals surface area contributed by atoms with Crippen molar-refractivity contribution in [2.45, 2.75) is 26.9 Å². The van der Waals surface area contributed by atoms with Gasteiger partial charge in [0.15, 0.2) is 5.69 Å². The number of anilines is 1. The molecule has 0 saturated carbocycles. The van der Waals surface area contributed by atoms with Crippen molar-refractivity contribution in [1.29, 1.82) is 10.5 Å². The quantitative estimate of drug-likeness (QED) is 0.848. The van der Waals surface area contributed by atoms with Crippen LogP contribution in [0.2, 0.25) is 0 Å². The molecule has 1 atom stereocenters. The number of aliphatic carboxylic acids is 1. The summed E-state index contributed by atoms with van der Waals surface area (Å²) in [6.07, 6.45) is 0.847. The third-order valence-electron chi connectivity index (χ3n) is 4.89. The Labute approximate surface area is 168 Å². The summed E-state index contributed by atoms with van der Waals surface area (Å²) >= 11 is 0. The van der Waals surface area contributed by atoms with E-state index in [1.165, 1.54) is 6.92 Å². The van der Waals surface area contributed by atoms with Crippen molar-refractivity contribution >= 4 is 29.0 Å². The zero-order valence-corrected chi connectivity index (χ0v) is 16.2. The van der Waals surface area contributed by atoms with Crippen LogP contribution < -0.4 is 20.6 Å². The van der Waals surface area contributed by atoms with Gasteiger partial charge in [0, 0.05) is 5.56 Å². The number of nitrogens with two attached hydrogens (primary N) is 1. The number of carboxylic acids is 1. The summed E-state index contributed by atoms with van der Waals surface area (Å²) in [7, 11) is 0. The van der Waals surface area contributed by atoms with Crippen LogP contribution in [0, 0.1) is 29.6 Å². The van der Waals surface area contributed by atoms with Crippen LogP contribution in [0.25, 0.3) is 17.2 Å². The van der Waals surface area contributed by atoms with Crippen molar-refractivity contribution in [1.82, 2.24) is 0 Å². The van der Waals surface area contributed by atoms with Gasteiger partial charge in [-0.25, -0.2) is 4.98 Å². The minimum Gasteiger partial charge on any atom is -0.546 e. The predicted molar refractivity (Wildman–Crippen MR) is 104 cm³/mol. The second-order valence-electron chi connectivity index (χ2n) is 6.72. The van der Waals surface area contributed by atoms with Crippen LogP contribution >= 0.6 is 0 Å². The second kappa shape index (κ2) is 7.49. The first-order chi connectivity index (χ1) is 13.8. The molecule has 0 unspecified atom stereocenters. The summed E-state index contributed by atoms with van der Waals surface area (Å²) < 4.78 is 5.29. The fourth-order valence-corrected chi connectivity index (χ4v) is 3.33. The summed E-state index contributed by atoms with van der Waals surface area (Å²) in [5.74, 6) is -0.651. The van der Waals surface area contributed by atoms with Gasteiger partial charge in [-0.2, -0.15) is 10.5 Å². The summed E-state index contributed by atoms with van der Waals surface area (Å²) in [4.78, 5) is 13.8. The van der Waals surface area contributed by atoms with Gasteiger partial charge in [0.1, 0.15) is 35.1 Å². The average Bonchev–Trinajstić information content (AvgIpc) is 2.94. The lowest BCUT2D eigenvalue weighted by atomic mass is 9.95. The van der Waals surface area contributed by atoms with Crippen LogP contribution in [0.4, 0.5) is 5.82 Å². The SMILES string of the molecule is CC1=C(C#N)c2[nH+]c(N)c(C#N)c(C)c2/C1=C/c1ccc(O[C@H](C)C(=O)[O-])cc1. The van der Waals surface area contributed by atoms with Gasteiger partial charge in [-0.3, -0.25) is 5.73 Å². The highest BCUT2D eigenvalue weighted by Crippen LogP contribution is 2.42. The number of fused-ring (bicyclic) bond motifs is 1. The molecule has 1 aromatic carbocycles. The highest BCUT2D eigenvalue weighted by Gasteiger charge is 2.32. The normalized spacial score (nSPS) is 14.9. The third kappa shape index (κ3) is 3.42. The molecule has 1 aliphatic rings. The molecular formula is C22H18N4O3. The number of carboxylic acid groups (broad SMARTS) is 1. The Morgan fingerprint density at radius 2 is 1.90 bits per heavy atom. The molecule has 0 amide bonds. The number of carbonyl (C=O) groups excluding carboxylic acids is 1. The molecule has 0 radical (unpaired) electrons. The number of rotatable bonds is 4. The van der Waals surface area contributed by atoms with E-state index in [2.05, 4.69) is 17.1 Å². The molecule has 144 valence electrons. The molecular weight excluding hydrogens is 368 g/mol. The fraction of sp³-hybridized carbons (Fsp3) is 0.182. The zero-order chi connectivity index (χ0) is 21.3. The molecule has 0 aliphatic heterocycles. The Kier molecular flexibility index (Phi) is 5.08. The van der Waals surface area contributed by atoms with Crippen molar-refractivity contribution in [3.63, 3.8) is 0 Å². The average molecular weight is 386 g/mol. The minimum absolute atomic E-state index is 0.231. The number of carbonyl (C=O) groups is 1. The van der Waals surface area contributed by atoms with E-state index in [0.717, 1.165) is 22.3 Å². The first-order valence-corrected chi connectivity index (χ1v) is 8.85. The molecule has 29 heavy (non-hydrogen) atoms. The first-order valence-electron chi connectivity index (χ1n) is 8.85. The highest BCUT2D eigenvalue weighted by atomic mass is 16.5. The first kappa shape index (κ1) is 19.7. The van der Waals surface area contributed by atoms with E-state index in [1.54, 1.807) is 31.2 Å². The van der Waals surface area contributed by atoms with Crippen molar-refractivity contribution in [2.24, 2.45) is 0 Å². The number of hydrogen-bond acceptors (Lipinski definition) is 6. The fourth-order valence-electron chi connectivity index (χ4n) is 3.33. The number of benzene rings is 1. The van der Waals surface area contributed by atoms with E-state index in [4.69, 9.17) is 10.5 Å². The van der Waals surface area contributed by atoms with E-state index in [0.29, 0.717) is 28.1 Å². The van der Waals surface area contributed by atoms with E-state index in [9.17, 15) is 20.4 Å². The molecule has 1 aliphatic carbocycles. The molecule has 0 fully saturated rings. The molecule has 0 saturated heterocycles. The number of hydrogen-bond donors (Lipinski definition) is 1. The Morgan fingerprint density at radius 1 is 1.24 bits per heavy atom. The van der Waals surface area contributed by atoms with Crippen LogP contribution in [-0.4, -0.2) is 12.1 Å². The molecule has 1 aromatic heterocycles. The number of aromatic amines is 1. The number of nitrogen functional groups attached to an aromatic ring is 1. The summed E-state index contributed by atoms with van der Waals surface area (Å²) in [5, 5.41) is 29.8. The Morgan fingerprint density at radius 3 is 2.45 bits per heavy atom. The van der Waals surface area contributed by atoms with Gasteiger partial charge in [0.25, 0.3) is 5.82 Å². The van der Waals surface area contributed by atoms with Gasteiger partial charge in [-0.1, -0.05) is 12.1 Å². The maximum atomic E-state index is 10.8. The summed E-state index contributed by atoms with van der Waals surface area (Å²) in [5.41, 5.74) is 11.3. The van der Waals surface area contributed by atoms with Gasteiger partial charge in [0.2, 0.25) is 0 Å². The number of allylic oxidation sites excluding steroid dienone is 3. The molecule has 0 bridgehead atoms. The van der Waals surface area contributed by atoms with Crippen LogP contribution in [0.5, 0.6) is 5.75 Å². The van der Waals surface area contributed by atoms with E-state index < -0.39 is 12.1 Å². The molecule has 7 nitrogen and oxygen atoms in total. The van der Waals surface area contributed by atoms with Crippen molar-refractivity contribution in [2.75, 3.05) is 5.73 Å². The van der Waals surface area contributed by atoms with Crippen LogP contribution in [0.15, 0.2) is 29.8 Å². The van der Waals surface area contributed by atoms with Gasteiger partial charge in [-0.05, 0) is 61.3 Å². The number of H-pyrrole nitrogens is 1. The Hall–Kier alpha value is -4.10. The molecule has 2 aromatic rings. The van der Waals surface area contributed by atoms with Crippen LogP contribution in [0.3, 0.4) is 0 Å². The van der Waals surface area contributed by atoms with Crippen LogP contribution in [-0.2, 0) is 4.79 Å². The molecule has 7 heteroatoms. The van der Waals surface area contributed by atoms with Crippen molar-refractivity contribution in [3.05, 3.63) is 57.8 Å². The number of nitrogens with one attached hydrogen (secondary N) is 1. The smallest absolute Gasteiger partial charge is 0.289 e. The number of pyridine rings is 1. The minimum atomic E-state index is -1.29. The molecule has 0 spiro atoms. The molecule has 1 heterocycles. The Balaban J connectivity index is 2.07. The summed E-state index contributed by atoms with van der Waals surface area (Å²) in [6, 6.07) is 11.2. The standard InChI is InChI=1S/C22H18N4O3/c1-11-16(8-14-4-6-15(7-5-14)29-13(3)22(27)28)19-12(2)18(10-24)21(25)26-20(19)17(11)9-23/h4-8,13H,1-3H3,(H2,25,26)(H,27,28)/b16-8+/t13-/m1/s1. The molecule has 3 N–H and O–H groups in total. The maximum Gasteiger partial charge on any atom is 0.289 e. The summed E-state index contributed by atoms with van der Waals surface area (Å²) in [6.45, 7) is 5.05. The number of nitriles is 2. The lowest BCUT2D eigenvalue weighted by Crippen LogP contribution is -2.37. The topological polar surface area (TPSA) is 137 Å². The number of nitrogens with zero attached hydrogens (tertiary/aromatic N) is 2. The molecule has 3 rings (SSSR count). The lowest BCUT2D eigenvalue weighted by Gasteiger charge is -2.15. The van der Waals surface area contributed by atoms with Crippen LogP contribution in [0.1, 0.15) is 41.8 Å². The van der Waals surface area contributed by atoms with Crippen molar-refractivity contribution in [3.8, 4) is 17.9 Å². The Bertz CT molecular complexity index is 1160. The monoisotopic (exact) mass is 386 g/mol. The number of aromatic nitrogens is 1. The van der Waals surface area contributed by atoms with E-state index >= 15 is 0 Å². The largest absolute Gasteiger partial charge is 0.546 e. The van der Waals surface area contributed by atoms with E-state index in [-0.39, 0.29) is 5.82 Å².